The molecule has 11 heteroatoms. The van der Waals surface area contributed by atoms with E-state index in [1.54, 1.807) is 6.20 Å². The number of rotatable bonds is 4. The maximum atomic E-state index is 13.4. The summed E-state index contributed by atoms with van der Waals surface area (Å²) in [5.74, 6) is 0.229. The monoisotopic (exact) mass is 371 g/mol. The topological polar surface area (TPSA) is 107 Å². The standard InChI is InChI=1S/C15H10FN7O2S/c1-8-12(16)26-15(21-8)22-14(24)11-2-9(5-23-13(11)19-7-20-23)25-10-3-17-6-18-4-10/h2-7H,1H3,(H,21,22,24). The van der Waals surface area contributed by atoms with E-state index < -0.39 is 11.0 Å². The molecule has 4 rings (SSSR count). The summed E-state index contributed by atoms with van der Waals surface area (Å²) in [4.78, 5) is 28.4. The van der Waals surface area contributed by atoms with Crippen LogP contribution >= 0.6 is 11.3 Å². The first-order valence-corrected chi connectivity index (χ1v) is 8.12. The number of carbonyl (C=O) groups is 1. The number of nitrogens with zero attached hydrogens (tertiary/aromatic N) is 6. The number of aromatic nitrogens is 6. The lowest BCUT2D eigenvalue weighted by Crippen LogP contribution is -2.14. The van der Waals surface area contributed by atoms with Gasteiger partial charge < -0.3 is 4.74 Å². The lowest BCUT2D eigenvalue weighted by atomic mass is 10.2. The van der Waals surface area contributed by atoms with Crippen molar-refractivity contribution in [2.24, 2.45) is 0 Å². The van der Waals surface area contributed by atoms with Crippen molar-refractivity contribution in [3.8, 4) is 11.5 Å². The normalized spacial score (nSPS) is 10.8. The Labute approximate surface area is 149 Å². The minimum absolute atomic E-state index is 0.158. The lowest BCUT2D eigenvalue weighted by molar-refractivity contribution is 0.102. The molecule has 1 amide bonds. The van der Waals surface area contributed by atoms with Gasteiger partial charge in [-0.05, 0) is 13.0 Å². The summed E-state index contributed by atoms with van der Waals surface area (Å²) in [5.41, 5.74) is 0.747. The molecule has 4 heterocycles. The highest BCUT2D eigenvalue weighted by molar-refractivity contribution is 7.14. The largest absolute Gasteiger partial charge is 0.452 e. The number of hydrogen-bond acceptors (Lipinski definition) is 8. The number of anilines is 1. The fourth-order valence-electron chi connectivity index (χ4n) is 2.19. The Hall–Kier alpha value is -3.47. The molecule has 1 N–H and O–H groups in total. The molecule has 0 fully saturated rings. The average molecular weight is 371 g/mol. The van der Waals surface area contributed by atoms with Crippen molar-refractivity contribution < 1.29 is 13.9 Å². The molecule has 0 aromatic carbocycles. The summed E-state index contributed by atoms with van der Waals surface area (Å²) in [7, 11) is 0. The number of carbonyl (C=O) groups excluding carboxylic acids is 1. The number of aryl methyl sites for hydroxylation is 1. The lowest BCUT2D eigenvalue weighted by Gasteiger charge is -2.08. The smallest absolute Gasteiger partial charge is 0.261 e. The number of ether oxygens (including phenoxy) is 1. The van der Waals surface area contributed by atoms with E-state index in [2.05, 4.69) is 30.4 Å². The summed E-state index contributed by atoms with van der Waals surface area (Å²) in [5, 5.41) is 6.30. The third-order valence-corrected chi connectivity index (χ3v) is 4.19. The molecular formula is C15H10FN7O2S. The predicted octanol–water partition coefficient (Wildman–Crippen LogP) is 2.47. The molecule has 0 radical (unpaired) electrons. The zero-order valence-corrected chi connectivity index (χ0v) is 14.1. The SMILES string of the molecule is Cc1nc(NC(=O)c2cc(Oc3cncnc3)cn3ncnc23)sc1F. The highest BCUT2D eigenvalue weighted by Crippen LogP contribution is 2.25. The Morgan fingerprint density at radius 1 is 1.27 bits per heavy atom. The van der Waals surface area contributed by atoms with Crippen LogP contribution in [0.3, 0.4) is 0 Å². The van der Waals surface area contributed by atoms with Crippen LogP contribution in [0.25, 0.3) is 5.65 Å². The molecule has 0 spiro atoms. The molecule has 9 nitrogen and oxygen atoms in total. The zero-order valence-electron chi connectivity index (χ0n) is 13.3. The van der Waals surface area contributed by atoms with E-state index in [1.165, 1.54) is 42.6 Å². The third kappa shape index (κ3) is 3.07. The van der Waals surface area contributed by atoms with Crippen molar-refractivity contribution in [3.63, 3.8) is 0 Å². The van der Waals surface area contributed by atoms with Gasteiger partial charge in [0.25, 0.3) is 5.91 Å². The molecule has 130 valence electrons. The number of amides is 1. The maximum absolute atomic E-state index is 13.4. The van der Waals surface area contributed by atoms with E-state index in [0.29, 0.717) is 17.1 Å². The molecule has 0 aliphatic rings. The van der Waals surface area contributed by atoms with Gasteiger partial charge in [0.2, 0.25) is 5.13 Å². The van der Waals surface area contributed by atoms with Crippen LogP contribution < -0.4 is 10.1 Å². The minimum Gasteiger partial charge on any atom is -0.452 e. The molecule has 4 aromatic rings. The minimum atomic E-state index is -0.508. The maximum Gasteiger partial charge on any atom is 0.261 e. The Morgan fingerprint density at radius 2 is 2.08 bits per heavy atom. The van der Waals surface area contributed by atoms with Gasteiger partial charge in [-0.1, -0.05) is 11.3 Å². The van der Waals surface area contributed by atoms with Crippen molar-refractivity contribution in [2.75, 3.05) is 5.32 Å². The van der Waals surface area contributed by atoms with Gasteiger partial charge in [-0.15, -0.1) is 0 Å². The van der Waals surface area contributed by atoms with E-state index in [0.717, 1.165) is 11.3 Å². The molecule has 0 atom stereocenters. The van der Waals surface area contributed by atoms with Crippen molar-refractivity contribution in [3.05, 3.63) is 53.7 Å². The Balaban J connectivity index is 1.68. The zero-order chi connectivity index (χ0) is 18.1. The van der Waals surface area contributed by atoms with Crippen molar-refractivity contribution in [2.45, 2.75) is 6.92 Å². The van der Waals surface area contributed by atoms with Gasteiger partial charge in [0.15, 0.2) is 16.5 Å². The van der Waals surface area contributed by atoms with Crippen molar-refractivity contribution in [1.29, 1.82) is 0 Å². The van der Waals surface area contributed by atoms with Gasteiger partial charge in [0.05, 0.1) is 29.8 Å². The van der Waals surface area contributed by atoms with Crippen LogP contribution in [0.5, 0.6) is 11.5 Å². The third-order valence-electron chi connectivity index (χ3n) is 3.33. The second-order valence-corrected chi connectivity index (χ2v) is 6.08. The molecule has 4 aromatic heterocycles. The molecule has 0 unspecified atom stereocenters. The van der Waals surface area contributed by atoms with Gasteiger partial charge in [0, 0.05) is 0 Å². The van der Waals surface area contributed by atoms with Crippen LogP contribution in [0.2, 0.25) is 0 Å². The number of fused-ring (bicyclic) bond motifs is 1. The summed E-state index contributed by atoms with van der Waals surface area (Å²) < 4.78 is 20.5. The van der Waals surface area contributed by atoms with E-state index in [1.807, 2.05) is 0 Å². The Morgan fingerprint density at radius 3 is 2.81 bits per heavy atom. The van der Waals surface area contributed by atoms with Crippen LogP contribution in [0.1, 0.15) is 16.1 Å². The predicted molar refractivity (Wildman–Crippen MR) is 89.9 cm³/mol. The first-order valence-electron chi connectivity index (χ1n) is 7.30. The molecule has 0 saturated carbocycles. The summed E-state index contributed by atoms with van der Waals surface area (Å²) in [6.45, 7) is 1.52. The van der Waals surface area contributed by atoms with Crippen LogP contribution in [0, 0.1) is 12.1 Å². The molecule has 0 aliphatic carbocycles. The molecular weight excluding hydrogens is 361 g/mol. The van der Waals surface area contributed by atoms with E-state index in [-0.39, 0.29) is 16.4 Å². The fraction of sp³-hybridized carbons (Fsp3) is 0.0667. The second-order valence-electron chi connectivity index (χ2n) is 5.13. The molecule has 26 heavy (non-hydrogen) atoms. The van der Waals surface area contributed by atoms with Crippen LogP contribution in [-0.2, 0) is 0 Å². The quantitative estimate of drug-likeness (QED) is 0.587. The van der Waals surface area contributed by atoms with Crippen LogP contribution in [0.4, 0.5) is 9.52 Å². The van der Waals surface area contributed by atoms with Crippen molar-refractivity contribution in [1.82, 2.24) is 29.5 Å². The first-order chi connectivity index (χ1) is 12.6. The van der Waals surface area contributed by atoms with E-state index >= 15 is 0 Å². The molecule has 0 saturated heterocycles. The highest BCUT2D eigenvalue weighted by Gasteiger charge is 2.18. The van der Waals surface area contributed by atoms with Gasteiger partial charge in [-0.3, -0.25) is 10.1 Å². The number of halogens is 1. The highest BCUT2D eigenvalue weighted by atomic mass is 32.1. The molecule has 0 bridgehead atoms. The van der Waals surface area contributed by atoms with Crippen LogP contribution in [0.15, 0.2) is 37.3 Å². The van der Waals surface area contributed by atoms with Gasteiger partial charge in [-0.25, -0.2) is 24.5 Å². The number of nitrogens with one attached hydrogen (secondary N) is 1. The Kier molecular flexibility index (Phi) is 3.97. The number of hydrogen-bond donors (Lipinski definition) is 1. The van der Waals surface area contributed by atoms with Crippen LogP contribution in [-0.4, -0.2) is 35.5 Å². The number of pyridine rings is 1. The summed E-state index contributed by atoms with van der Waals surface area (Å²) in [6, 6.07) is 1.50. The van der Waals surface area contributed by atoms with Gasteiger partial charge in [-0.2, -0.15) is 9.49 Å². The first kappa shape index (κ1) is 16.0. The van der Waals surface area contributed by atoms with E-state index in [4.69, 9.17) is 4.74 Å². The summed E-state index contributed by atoms with van der Waals surface area (Å²) >= 11 is 0.751. The number of thiazole rings is 1. The molecule has 0 aliphatic heterocycles. The average Bonchev–Trinajstić information content (AvgIpc) is 3.21. The second kappa shape index (κ2) is 6.44. The summed E-state index contributed by atoms with van der Waals surface area (Å²) in [6.07, 6.45) is 7.23. The van der Waals surface area contributed by atoms with Gasteiger partial charge >= 0.3 is 0 Å². The fourth-order valence-corrected chi connectivity index (χ4v) is 2.88. The van der Waals surface area contributed by atoms with Gasteiger partial charge in [0.1, 0.15) is 18.4 Å². The van der Waals surface area contributed by atoms with E-state index in [9.17, 15) is 9.18 Å². The Bertz CT molecular complexity index is 1080. The van der Waals surface area contributed by atoms with Crippen molar-refractivity contribution >= 4 is 28.0 Å².